The summed E-state index contributed by atoms with van der Waals surface area (Å²) in [6, 6.07) is 4.92. The number of alkyl halides is 3. The second kappa shape index (κ2) is 6.44. The maximum absolute atomic E-state index is 12.9. The molecule has 0 unspecified atom stereocenters. The van der Waals surface area contributed by atoms with Gasteiger partial charge in [0, 0.05) is 39.3 Å². The molecule has 1 aromatic rings. The minimum atomic E-state index is -4.52. The highest BCUT2D eigenvalue weighted by molar-refractivity contribution is 5.96. The van der Waals surface area contributed by atoms with E-state index in [1.807, 2.05) is 0 Å². The van der Waals surface area contributed by atoms with E-state index in [9.17, 15) is 18.0 Å². The zero-order valence-corrected chi connectivity index (χ0v) is 11.6. The first-order valence-corrected chi connectivity index (χ1v) is 6.81. The lowest BCUT2D eigenvalue weighted by atomic mass is 10.1. The number of benzene rings is 1. The van der Waals surface area contributed by atoms with Crippen LogP contribution in [0.4, 0.5) is 13.2 Å². The minimum Gasteiger partial charge on any atom is -0.336 e. The summed E-state index contributed by atoms with van der Waals surface area (Å²) in [6.45, 7) is 3.39. The molecule has 0 radical (unpaired) electrons. The van der Waals surface area contributed by atoms with E-state index in [0.29, 0.717) is 32.7 Å². The Hall–Kier alpha value is -1.60. The summed E-state index contributed by atoms with van der Waals surface area (Å²) in [5.74, 6) is -0.560. The lowest BCUT2D eigenvalue weighted by Crippen LogP contribution is -2.50. The average molecular weight is 301 g/mol. The van der Waals surface area contributed by atoms with Gasteiger partial charge in [-0.2, -0.15) is 13.2 Å². The van der Waals surface area contributed by atoms with E-state index in [1.54, 1.807) is 0 Å². The van der Waals surface area contributed by atoms with Gasteiger partial charge in [0.05, 0.1) is 11.1 Å². The van der Waals surface area contributed by atoms with Gasteiger partial charge in [0.1, 0.15) is 0 Å². The monoisotopic (exact) mass is 301 g/mol. The number of carbonyl (C=O) groups excluding carboxylic acids is 1. The lowest BCUT2D eigenvalue weighted by Gasteiger charge is -2.34. The van der Waals surface area contributed by atoms with Crippen LogP contribution in [0.1, 0.15) is 15.9 Å². The molecular weight excluding hydrogens is 283 g/mol. The Labute approximate surface area is 121 Å². The van der Waals surface area contributed by atoms with Gasteiger partial charge in [-0.15, -0.1) is 0 Å². The molecule has 1 fully saturated rings. The Morgan fingerprint density at radius 1 is 1.14 bits per heavy atom. The predicted molar refractivity (Wildman–Crippen MR) is 72.8 cm³/mol. The van der Waals surface area contributed by atoms with Crippen molar-refractivity contribution in [2.24, 2.45) is 5.73 Å². The first-order chi connectivity index (χ1) is 9.93. The summed E-state index contributed by atoms with van der Waals surface area (Å²) in [5.41, 5.74) is 4.31. The largest absolute Gasteiger partial charge is 0.417 e. The summed E-state index contributed by atoms with van der Waals surface area (Å²) in [7, 11) is 0. The molecular formula is C14H18F3N3O. The van der Waals surface area contributed by atoms with Gasteiger partial charge in [0.2, 0.25) is 0 Å². The highest BCUT2D eigenvalue weighted by Crippen LogP contribution is 2.32. The quantitative estimate of drug-likeness (QED) is 0.918. The number of hydrogen-bond donors (Lipinski definition) is 1. The fourth-order valence-electron chi connectivity index (χ4n) is 2.44. The van der Waals surface area contributed by atoms with E-state index < -0.39 is 17.6 Å². The molecule has 21 heavy (non-hydrogen) atoms. The Morgan fingerprint density at radius 2 is 1.76 bits per heavy atom. The van der Waals surface area contributed by atoms with E-state index >= 15 is 0 Å². The zero-order valence-electron chi connectivity index (χ0n) is 11.6. The molecule has 4 nitrogen and oxygen atoms in total. The molecule has 0 atom stereocenters. The van der Waals surface area contributed by atoms with Gasteiger partial charge >= 0.3 is 6.18 Å². The maximum Gasteiger partial charge on any atom is 0.417 e. The van der Waals surface area contributed by atoms with Crippen molar-refractivity contribution in [3.63, 3.8) is 0 Å². The van der Waals surface area contributed by atoms with Crippen molar-refractivity contribution in [2.45, 2.75) is 6.18 Å². The van der Waals surface area contributed by atoms with Gasteiger partial charge in [-0.1, -0.05) is 12.1 Å². The fraction of sp³-hybridized carbons (Fsp3) is 0.500. The van der Waals surface area contributed by atoms with Crippen LogP contribution in [0.5, 0.6) is 0 Å². The number of hydrogen-bond acceptors (Lipinski definition) is 3. The molecule has 1 aliphatic heterocycles. The molecule has 1 amide bonds. The van der Waals surface area contributed by atoms with Crippen LogP contribution in [0, 0.1) is 0 Å². The topological polar surface area (TPSA) is 49.6 Å². The Morgan fingerprint density at radius 3 is 2.33 bits per heavy atom. The number of halogens is 3. The van der Waals surface area contributed by atoms with E-state index in [0.717, 1.165) is 12.6 Å². The minimum absolute atomic E-state index is 0.280. The van der Waals surface area contributed by atoms with Gasteiger partial charge in [-0.3, -0.25) is 9.69 Å². The molecule has 7 heteroatoms. The maximum atomic E-state index is 12.9. The van der Waals surface area contributed by atoms with Gasteiger partial charge < -0.3 is 10.6 Å². The van der Waals surface area contributed by atoms with Crippen molar-refractivity contribution in [1.82, 2.24) is 9.80 Å². The van der Waals surface area contributed by atoms with E-state index in [4.69, 9.17) is 5.73 Å². The second-order valence-electron chi connectivity index (χ2n) is 4.97. The third kappa shape index (κ3) is 3.74. The van der Waals surface area contributed by atoms with Crippen molar-refractivity contribution >= 4 is 5.91 Å². The molecule has 1 aromatic carbocycles. The van der Waals surface area contributed by atoms with Crippen LogP contribution in [0.2, 0.25) is 0 Å². The van der Waals surface area contributed by atoms with Crippen molar-refractivity contribution in [3.05, 3.63) is 35.4 Å². The first-order valence-electron chi connectivity index (χ1n) is 6.81. The Kier molecular flexibility index (Phi) is 4.84. The highest BCUT2D eigenvalue weighted by Gasteiger charge is 2.36. The Bertz CT molecular complexity index is 496. The van der Waals surface area contributed by atoms with Crippen LogP contribution < -0.4 is 5.73 Å². The lowest BCUT2D eigenvalue weighted by molar-refractivity contribution is -0.138. The highest BCUT2D eigenvalue weighted by atomic mass is 19.4. The van der Waals surface area contributed by atoms with Crippen molar-refractivity contribution in [2.75, 3.05) is 39.3 Å². The first kappa shape index (κ1) is 15.8. The van der Waals surface area contributed by atoms with Gasteiger partial charge in [0.15, 0.2) is 0 Å². The van der Waals surface area contributed by atoms with Crippen molar-refractivity contribution in [3.8, 4) is 0 Å². The fourth-order valence-corrected chi connectivity index (χ4v) is 2.44. The summed E-state index contributed by atoms with van der Waals surface area (Å²) in [4.78, 5) is 15.9. The molecule has 1 aliphatic rings. The van der Waals surface area contributed by atoms with Crippen molar-refractivity contribution < 1.29 is 18.0 Å². The van der Waals surface area contributed by atoms with Crippen molar-refractivity contribution in [1.29, 1.82) is 0 Å². The van der Waals surface area contributed by atoms with E-state index in [2.05, 4.69) is 4.90 Å². The molecule has 2 N–H and O–H groups in total. The van der Waals surface area contributed by atoms with E-state index in [-0.39, 0.29) is 5.56 Å². The van der Waals surface area contributed by atoms with Crippen LogP contribution in [0.15, 0.2) is 24.3 Å². The molecule has 1 heterocycles. The SMILES string of the molecule is NCCN1CCN(C(=O)c2ccccc2C(F)(F)F)CC1. The predicted octanol–water partition coefficient (Wildman–Crippen LogP) is 1.42. The molecule has 0 spiro atoms. The van der Waals surface area contributed by atoms with Gasteiger partial charge in [-0.05, 0) is 12.1 Å². The standard InChI is InChI=1S/C14H18F3N3O/c15-14(16,17)12-4-2-1-3-11(12)13(21)20-9-7-19(6-5-18)8-10-20/h1-4H,5-10,18H2. The molecule has 1 saturated heterocycles. The molecule has 2 rings (SSSR count). The average Bonchev–Trinajstić information content (AvgIpc) is 2.47. The van der Waals surface area contributed by atoms with Crippen LogP contribution in [0.25, 0.3) is 0 Å². The van der Waals surface area contributed by atoms with Crippen LogP contribution in [0.3, 0.4) is 0 Å². The summed E-state index contributed by atoms with van der Waals surface area (Å²) < 4.78 is 38.8. The summed E-state index contributed by atoms with van der Waals surface area (Å²) in [6.07, 6.45) is -4.52. The third-order valence-corrected chi connectivity index (χ3v) is 3.57. The number of nitrogens with two attached hydrogens (primary N) is 1. The normalized spacial score (nSPS) is 17.0. The number of carbonyl (C=O) groups is 1. The Balaban J connectivity index is 2.12. The second-order valence-corrected chi connectivity index (χ2v) is 4.97. The van der Waals surface area contributed by atoms with Crippen LogP contribution in [-0.4, -0.2) is 55.0 Å². The number of amides is 1. The van der Waals surface area contributed by atoms with Gasteiger partial charge in [0.25, 0.3) is 5.91 Å². The van der Waals surface area contributed by atoms with E-state index in [1.165, 1.54) is 23.1 Å². The summed E-state index contributed by atoms with van der Waals surface area (Å²) >= 11 is 0. The number of piperazine rings is 1. The number of rotatable bonds is 3. The zero-order chi connectivity index (χ0) is 15.5. The van der Waals surface area contributed by atoms with Crippen LogP contribution >= 0.6 is 0 Å². The summed E-state index contributed by atoms with van der Waals surface area (Å²) in [5, 5.41) is 0. The molecule has 116 valence electrons. The number of nitrogens with zero attached hydrogens (tertiary/aromatic N) is 2. The molecule has 0 aromatic heterocycles. The smallest absolute Gasteiger partial charge is 0.336 e. The molecule has 0 aliphatic carbocycles. The third-order valence-electron chi connectivity index (χ3n) is 3.57. The molecule has 0 saturated carbocycles. The van der Waals surface area contributed by atoms with Crippen LogP contribution in [-0.2, 0) is 6.18 Å². The molecule has 0 bridgehead atoms. The van der Waals surface area contributed by atoms with Gasteiger partial charge in [-0.25, -0.2) is 0 Å².